The van der Waals surface area contributed by atoms with Crippen LogP contribution in [0.2, 0.25) is 0 Å². The number of rotatable bonds is 45. The normalized spacial score (nSPS) is 13.5. The van der Waals surface area contributed by atoms with E-state index in [4.69, 9.17) is 4.74 Å². The molecule has 0 radical (unpaired) electrons. The highest BCUT2D eigenvalue weighted by Gasteiger charge is 2.24. The van der Waals surface area contributed by atoms with Gasteiger partial charge in [-0.15, -0.1) is 0 Å². The van der Waals surface area contributed by atoms with E-state index in [0.29, 0.717) is 19.3 Å². The zero-order valence-electron chi connectivity index (χ0n) is 38.7. The van der Waals surface area contributed by atoms with Crippen molar-refractivity contribution < 1.29 is 24.5 Å². The van der Waals surface area contributed by atoms with Crippen molar-refractivity contribution in [3.05, 3.63) is 36.5 Å². The summed E-state index contributed by atoms with van der Waals surface area (Å²) in [4.78, 5) is 26.0. The van der Waals surface area contributed by atoms with Gasteiger partial charge >= 0.3 is 5.97 Å². The molecule has 3 N–H and O–H groups in total. The van der Waals surface area contributed by atoms with Gasteiger partial charge in [-0.2, -0.15) is 0 Å². The number of carbonyl (C=O) groups is 2. The summed E-state index contributed by atoms with van der Waals surface area (Å²) < 4.78 is 5.89. The number of ether oxygens (including phenoxy) is 1. The molecule has 6 nitrogen and oxygen atoms in total. The molecule has 0 saturated carbocycles. The second-order valence-corrected chi connectivity index (χ2v) is 17.2. The highest BCUT2D eigenvalue weighted by molar-refractivity contribution is 5.77. The number of hydrogen-bond acceptors (Lipinski definition) is 5. The van der Waals surface area contributed by atoms with Gasteiger partial charge in [0.15, 0.2) is 0 Å². The molecule has 3 unspecified atom stereocenters. The van der Waals surface area contributed by atoms with Crippen LogP contribution in [0.1, 0.15) is 258 Å². The van der Waals surface area contributed by atoms with E-state index in [-0.39, 0.29) is 24.9 Å². The monoisotopic (exact) mass is 816 g/mol. The molecule has 0 bridgehead atoms. The average molecular weight is 816 g/mol. The van der Waals surface area contributed by atoms with E-state index < -0.39 is 18.2 Å². The summed E-state index contributed by atoms with van der Waals surface area (Å²) in [6.07, 6.45) is 53.5. The fourth-order valence-corrected chi connectivity index (χ4v) is 7.61. The molecule has 3 atom stereocenters. The summed E-state index contributed by atoms with van der Waals surface area (Å²) >= 11 is 0. The number of unbranched alkanes of at least 4 members (excludes halogenated alkanes) is 27. The van der Waals surface area contributed by atoms with Gasteiger partial charge in [-0.3, -0.25) is 9.59 Å². The number of amides is 1. The quantitative estimate of drug-likeness (QED) is 0.0323. The van der Waals surface area contributed by atoms with Crippen LogP contribution in [0.15, 0.2) is 36.5 Å². The maximum atomic E-state index is 13.2. The highest BCUT2D eigenvalue weighted by Crippen LogP contribution is 2.17. The SMILES string of the molecule is CCCCC/C=C\C/C=C\C/C=C\CCCCC(CC(=O)NC(CO)C(O)CCCCCCCCCCCCCCCCC)OC(=O)CCCCCCCCCCC. The van der Waals surface area contributed by atoms with Gasteiger partial charge in [-0.1, -0.05) is 218 Å². The van der Waals surface area contributed by atoms with E-state index >= 15 is 0 Å². The van der Waals surface area contributed by atoms with E-state index in [9.17, 15) is 19.8 Å². The maximum absolute atomic E-state index is 13.2. The van der Waals surface area contributed by atoms with Crippen LogP contribution in [-0.2, 0) is 14.3 Å². The third-order valence-electron chi connectivity index (χ3n) is 11.5. The third-order valence-corrected chi connectivity index (χ3v) is 11.5. The van der Waals surface area contributed by atoms with Crippen LogP contribution in [0.3, 0.4) is 0 Å². The molecular weight excluding hydrogens is 719 g/mol. The molecule has 0 heterocycles. The van der Waals surface area contributed by atoms with E-state index in [0.717, 1.165) is 70.6 Å². The Hall–Kier alpha value is -1.92. The Morgan fingerprint density at radius 1 is 0.500 bits per heavy atom. The van der Waals surface area contributed by atoms with Gasteiger partial charge in [0.2, 0.25) is 5.91 Å². The van der Waals surface area contributed by atoms with Crippen molar-refractivity contribution in [1.82, 2.24) is 5.32 Å². The average Bonchev–Trinajstić information content (AvgIpc) is 3.22. The van der Waals surface area contributed by atoms with Crippen LogP contribution in [-0.4, -0.2) is 46.9 Å². The van der Waals surface area contributed by atoms with Crippen LogP contribution in [0.5, 0.6) is 0 Å². The summed E-state index contributed by atoms with van der Waals surface area (Å²) in [7, 11) is 0. The van der Waals surface area contributed by atoms with Gasteiger partial charge in [0.05, 0.1) is 25.2 Å². The number of aliphatic hydroxyl groups is 2. The number of aliphatic hydroxyl groups excluding tert-OH is 2. The lowest BCUT2D eigenvalue weighted by Crippen LogP contribution is -2.46. The smallest absolute Gasteiger partial charge is 0.306 e. The minimum absolute atomic E-state index is 0.0549. The Morgan fingerprint density at radius 3 is 1.34 bits per heavy atom. The molecule has 0 spiro atoms. The van der Waals surface area contributed by atoms with Gasteiger partial charge in [-0.25, -0.2) is 0 Å². The van der Waals surface area contributed by atoms with Crippen LogP contribution in [0.25, 0.3) is 0 Å². The van der Waals surface area contributed by atoms with E-state index in [1.54, 1.807) is 0 Å². The standard InChI is InChI=1S/C52H97NO5/c1-4-7-10-13-16-19-21-23-25-27-29-32-34-37-40-43-48(58-52(57)45-42-39-36-31-18-15-12-9-6-3)46-51(56)53-49(47-54)50(55)44-41-38-35-33-30-28-26-24-22-20-17-14-11-8-5-2/h16,19,23,25,29,32,48-50,54-55H,4-15,17-18,20-22,24,26-28,30-31,33-47H2,1-3H3,(H,53,56)/b19-16-,25-23-,32-29-. The molecule has 6 heteroatoms. The molecule has 0 fully saturated rings. The van der Waals surface area contributed by atoms with Gasteiger partial charge in [0.1, 0.15) is 6.10 Å². The molecule has 0 aromatic carbocycles. The fourth-order valence-electron chi connectivity index (χ4n) is 7.61. The summed E-state index contributed by atoms with van der Waals surface area (Å²) in [6, 6.07) is -0.710. The molecule has 0 aromatic heterocycles. The zero-order chi connectivity index (χ0) is 42.4. The second-order valence-electron chi connectivity index (χ2n) is 17.2. The number of hydrogen-bond donors (Lipinski definition) is 3. The fraction of sp³-hybridized carbons (Fsp3) is 0.846. The molecule has 0 rings (SSSR count). The Kier molecular flexibility index (Phi) is 44.6. The van der Waals surface area contributed by atoms with Gasteiger partial charge in [0.25, 0.3) is 0 Å². The summed E-state index contributed by atoms with van der Waals surface area (Å²) in [5.41, 5.74) is 0. The van der Waals surface area contributed by atoms with Crippen LogP contribution in [0, 0.1) is 0 Å². The van der Waals surface area contributed by atoms with Crippen molar-refractivity contribution in [1.29, 1.82) is 0 Å². The van der Waals surface area contributed by atoms with Gasteiger partial charge < -0.3 is 20.3 Å². The van der Waals surface area contributed by atoms with E-state index in [1.807, 2.05) is 0 Å². The number of nitrogens with one attached hydrogen (secondary N) is 1. The molecule has 0 aromatic rings. The number of esters is 1. The predicted molar refractivity (Wildman–Crippen MR) is 250 cm³/mol. The van der Waals surface area contributed by atoms with Crippen LogP contribution >= 0.6 is 0 Å². The lowest BCUT2D eigenvalue weighted by Gasteiger charge is -2.24. The lowest BCUT2D eigenvalue weighted by molar-refractivity contribution is -0.151. The first-order valence-corrected chi connectivity index (χ1v) is 25.2. The van der Waals surface area contributed by atoms with Crippen LogP contribution < -0.4 is 5.32 Å². The van der Waals surface area contributed by atoms with Crippen molar-refractivity contribution in [2.75, 3.05) is 6.61 Å². The molecule has 340 valence electrons. The first kappa shape index (κ1) is 56.1. The summed E-state index contributed by atoms with van der Waals surface area (Å²) in [6.45, 7) is 6.43. The first-order valence-electron chi connectivity index (χ1n) is 25.2. The Balaban J connectivity index is 4.57. The molecule has 0 aliphatic heterocycles. The molecular formula is C52H97NO5. The maximum Gasteiger partial charge on any atom is 0.306 e. The van der Waals surface area contributed by atoms with Crippen molar-refractivity contribution >= 4 is 11.9 Å². The molecule has 0 aliphatic carbocycles. The van der Waals surface area contributed by atoms with Gasteiger partial charge in [0, 0.05) is 6.42 Å². The topological polar surface area (TPSA) is 95.9 Å². The van der Waals surface area contributed by atoms with E-state index in [2.05, 4.69) is 62.5 Å². The van der Waals surface area contributed by atoms with Crippen molar-refractivity contribution in [3.8, 4) is 0 Å². The molecule has 0 aliphatic rings. The molecule has 58 heavy (non-hydrogen) atoms. The van der Waals surface area contributed by atoms with Crippen LogP contribution in [0.4, 0.5) is 0 Å². The van der Waals surface area contributed by atoms with Crippen molar-refractivity contribution in [2.24, 2.45) is 0 Å². The Labute approximate surface area is 360 Å². The largest absolute Gasteiger partial charge is 0.462 e. The Bertz CT molecular complexity index is 961. The highest BCUT2D eigenvalue weighted by atomic mass is 16.5. The first-order chi connectivity index (χ1) is 28.5. The lowest BCUT2D eigenvalue weighted by atomic mass is 10.0. The zero-order valence-corrected chi connectivity index (χ0v) is 38.7. The summed E-state index contributed by atoms with van der Waals surface area (Å²) in [5.74, 6) is -0.506. The predicted octanol–water partition coefficient (Wildman–Crippen LogP) is 14.9. The molecule has 0 saturated heterocycles. The molecule has 1 amide bonds. The van der Waals surface area contributed by atoms with Gasteiger partial charge in [-0.05, 0) is 64.2 Å². The minimum Gasteiger partial charge on any atom is -0.462 e. The minimum atomic E-state index is -0.794. The van der Waals surface area contributed by atoms with Crippen molar-refractivity contribution in [2.45, 2.75) is 277 Å². The van der Waals surface area contributed by atoms with E-state index in [1.165, 1.54) is 141 Å². The second kappa shape index (κ2) is 46.2. The Morgan fingerprint density at radius 2 is 0.879 bits per heavy atom. The number of carbonyl (C=O) groups excluding carboxylic acids is 2. The third kappa shape index (κ3) is 40.8. The number of allylic oxidation sites excluding steroid dienone is 6. The summed E-state index contributed by atoms with van der Waals surface area (Å²) in [5, 5.41) is 23.7. The van der Waals surface area contributed by atoms with Crippen molar-refractivity contribution in [3.63, 3.8) is 0 Å².